The summed E-state index contributed by atoms with van der Waals surface area (Å²) in [6, 6.07) is 4.03. The highest BCUT2D eigenvalue weighted by molar-refractivity contribution is 5.78. The Morgan fingerprint density at radius 3 is 2.50 bits per heavy atom. The van der Waals surface area contributed by atoms with Crippen LogP contribution in [-0.2, 0) is 11.3 Å². The van der Waals surface area contributed by atoms with E-state index in [0.717, 1.165) is 43.3 Å². The van der Waals surface area contributed by atoms with Crippen molar-refractivity contribution in [1.82, 2.24) is 14.8 Å². The van der Waals surface area contributed by atoms with Crippen LogP contribution in [0.5, 0.6) is 0 Å². The van der Waals surface area contributed by atoms with Gasteiger partial charge in [-0.15, -0.1) is 0 Å². The summed E-state index contributed by atoms with van der Waals surface area (Å²) in [4.78, 5) is 20.9. The van der Waals surface area contributed by atoms with E-state index in [0.29, 0.717) is 12.5 Å². The van der Waals surface area contributed by atoms with Gasteiger partial charge >= 0.3 is 0 Å². The van der Waals surface area contributed by atoms with E-state index in [9.17, 15) is 4.79 Å². The summed E-state index contributed by atoms with van der Waals surface area (Å²) in [7, 11) is 2.03. The number of fused-ring (bicyclic) bond motifs is 5. The van der Waals surface area contributed by atoms with Gasteiger partial charge in [-0.2, -0.15) is 0 Å². The average Bonchev–Trinajstić information content (AvgIpc) is 3.21. The number of likely N-dealkylation sites (N-methyl/N-ethyl adjacent to an activating group) is 1. The lowest BCUT2D eigenvalue weighted by atomic mass is 9.82. The van der Waals surface area contributed by atoms with Crippen LogP contribution in [0, 0.1) is 23.7 Å². The number of carbonyl (C=O) groups excluding carboxylic acids is 1. The molecular formula is C18H25N3O. The van der Waals surface area contributed by atoms with Crippen molar-refractivity contribution in [3.05, 3.63) is 30.1 Å². The summed E-state index contributed by atoms with van der Waals surface area (Å²) in [5, 5.41) is 0. The van der Waals surface area contributed by atoms with E-state index in [4.69, 9.17) is 0 Å². The molecule has 1 aromatic rings. The molecule has 2 bridgehead atoms. The predicted molar refractivity (Wildman–Crippen MR) is 85.0 cm³/mol. The molecule has 0 aromatic carbocycles. The lowest BCUT2D eigenvalue weighted by molar-refractivity contribution is -0.131. The van der Waals surface area contributed by atoms with Gasteiger partial charge in [0.15, 0.2) is 0 Å². The van der Waals surface area contributed by atoms with Crippen molar-refractivity contribution < 1.29 is 4.79 Å². The number of aromatic nitrogens is 1. The summed E-state index contributed by atoms with van der Waals surface area (Å²) < 4.78 is 0. The van der Waals surface area contributed by atoms with Crippen molar-refractivity contribution in [1.29, 1.82) is 0 Å². The van der Waals surface area contributed by atoms with Gasteiger partial charge < -0.3 is 4.90 Å². The molecule has 0 radical (unpaired) electrons. The second-order valence-electron chi connectivity index (χ2n) is 7.49. The molecule has 22 heavy (non-hydrogen) atoms. The molecule has 3 fully saturated rings. The monoisotopic (exact) mass is 299 g/mol. The molecular weight excluding hydrogens is 274 g/mol. The molecule has 4 heteroatoms. The van der Waals surface area contributed by atoms with Crippen LogP contribution in [-0.4, -0.2) is 47.4 Å². The minimum Gasteiger partial charge on any atom is -0.341 e. The molecule has 2 aliphatic carbocycles. The van der Waals surface area contributed by atoms with Gasteiger partial charge in [-0.1, -0.05) is 0 Å². The Kier molecular flexibility index (Phi) is 3.65. The Hall–Kier alpha value is -1.42. The fraction of sp³-hybridized carbons (Fsp3) is 0.667. The maximum absolute atomic E-state index is 12.6. The van der Waals surface area contributed by atoms with Crippen LogP contribution in [0.3, 0.4) is 0 Å². The molecule has 4 nitrogen and oxygen atoms in total. The van der Waals surface area contributed by atoms with Crippen molar-refractivity contribution in [2.75, 3.05) is 26.7 Å². The van der Waals surface area contributed by atoms with Crippen LogP contribution in [0.4, 0.5) is 0 Å². The number of amides is 1. The lowest BCUT2D eigenvalue weighted by Gasteiger charge is -2.22. The maximum Gasteiger partial charge on any atom is 0.236 e. The predicted octanol–water partition coefficient (Wildman–Crippen LogP) is 2.02. The zero-order valence-electron chi connectivity index (χ0n) is 13.3. The van der Waals surface area contributed by atoms with Crippen LogP contribution in [0.1, 0.15) is 24.8 Å². The van der Waals surface area contributed by atoms with Gasteiger partial charge in [0, 0.05) is 32.0 Å². The molecule has 1 saturated heterocycles. The van der Waals surface area contributed by atoms with Gasteiger partial charge in [0.1, 0.15) is 0 Å². The molecule has 1 amide bonds. The summed E-state index contributed by atoms with van der Waals surface area (Å²) >= 11 is 0. The summed E-state index contributed by atoms with van der Waals surface area (Å²) in [5.41, 5.74) is 1.21. The highest BCUT2D eigenvalue weighted by atomic mass is 16.2. The Bertz CT molecular complexity index is 529. The van der Waals surface area contributed by atoms with E-state index in [1.807, 2.05) is 31.6 Å². The number of hydrogen-bond donors (Lipinski definition) is 0. The molecule has 4 atom stereocenters. The molecule has 118 valence electrons. The van der Waals surface area contributed by atoms with Gasteiger partial charge in [-0.25, -0.2) is 0 Å². The number of carbonyl (C=O) groups is 1. The first-order chi connectivity index (χ1) is 10.7. The van der Waals surface area contributed by atoms with Crippen LogP contribution in [0.15, 0.2) is 24.5 Å². The Balaban J connectivity index is 1.31. The van der Waals surface area contributed by atoms with E-state index >= 15 is 0 Å². The quantitative estimate of drug-likeness (QED) is 0.853. The van der Waals surface area contributed by atoms with E-state index in [-0.39, 0.29) is 0 Å². The molecule has 2 saturated carbocycles. The number of hydrogen-bond acceptors (Lipinski definition) is 3. The van der Waals surface area contributed by atoms with Crippen LogP contribution in [0.25, 0.3) is 0 Å². The third-order valence-corrected chi connectivity index (χ3v) is 6.10. The van der Waals surface area contributed by atoms with Crippen molar-refractivity contribution in [3.63, 3.8) is 0 Å². The van der Waals surface area contributed by atoms with Gasteiger partial charge in [-0.05, 0) is 67.7 Å². The fourth-order valence-electron chi connectivity index (χ4n) is 5.07. The first-order valence-corrected chi connectivity index (χ1v) is 8.56. The van der Waals surface area contributed by atoms with E-state index in [1.165, 1.54) is 24.8 Å². The van der Waals surface area contributed by atoms with Crippen LogP contribution in [0.2, 0.25) is 0 Å². The SMILES string of the molecule is CN(CC(=O)N1C[C@@H]2[C@@H]3CC[C@@H](C3)[C@@H]2C1)Cc1ccncc1. The largest absolute Gasteiger partial charge is 0.341 e. The zero-order chi connectivity index (χ0) is 15.1. The molecule has 0 spiro atoms. The fourth-order valence-corrected chi connectivity index (χ4v) is 5.07. The van der Waals surface area contributed by atoms with Crippen molar-refractivity contribution in [2.24, 2.45) is 23.7 Å². The zero-order valence-corrected chi connectivity index (χ0v) is 13.3. The molecule has 0 unspecified atom stereocenters. The molecule has 1 aromatic heterocycles. The van der Waals surface area contributed by atoms with Crippen LogP contribution >= 0.6 is 0 Å². The molecule has 1 aliphatic heterocycles. The average molecular weight is 299 g/mol. The second-order valence-corrected chi connectivity index (χ2v) is 7.49. The lowest BCUT2D eigenvalue weighted by Crippen LogP contribution is -2.38. The van der Waals surface area contributed by atoms with Crippen molar-refractivity contribution in [2.45, 2.75) is 25.8 Å². The summed E-state index contributed by atoms with van der Waals surface area (Å²) in [6.07, 6.45) is 7.88. The normalized spacial score (nSPS) is 32.7. The third kappa shape index (κ3) is 2.54. The topological polar surface area (TPSA) is 36.4 Å². The maximum atomic E-state index is 12.6. The molecule has 3 aliphatic rings. The first-order valence-electron chi connectivity index (χ1n) is 8.56. The molecule has 0 N–H and O–H groups in total. The highest BCUT2D eigenvalue weighted by Crippen LogP contribution is 2.55. The minimum atomic E-state index is 0.311. The number of likely N-dealkylation sites (tertiary alicyclic amines) is 1. The van der Waals surface area contributed by atoms with E-state index in [1.54, 1.807) is 0 Å². The Labute approximate surface area is 132 Å². The summed E-state index contributed by atoms with van der Waals surface area (Å²) in [6.45, 7) is 3.37. The number of nitrogens with zero attached hydrogens (tertiary/aromatic N) is 3. The van der Waals surface area contributed by atoms with Crippen molar-refractivity contribution >= 4 is 5.91 Å². The number of rotatable bonds is 4. The molecule has 2 heterocycles. The number of pyridine rings is 1. The molecule has 4 rings (SSSR count). The van der Waals surface area contributed by atoms with Crippen molar-refractivity contribution in [3.8, 4) is 0 Å². The third-order valence-electron chi connectivity index (χ3n) is 6.10. The minimum absolute atomic E-state index is 0.311. The Morgan fingerprint density at radius 1 is 1.23 bits per heavy atom. The highest BCUT2D eigenvalue weighted by Gasteiger charge is 2.52. The van der Waals surface area contributed by atoms with Crippen LogP contribution < -0.4 is 0 Å². The van der Waals surface area contributed by atoms with Gasteiger partial charge in [0.05, 0.1) is 6.54 Å². The van der Waals surface area contributed by atoms with E-state index in [2.05, 4.69) is 14.8 Å². The summed E-state index contributed by atoms with van der Waals surface area (Å²) in [5.74, 6) is 3.77. The smallest absolute Gasteiger partial charge is 0.236 e. The van der Waals surface area contributed by atoms with E-state index < -0.39 is 0 Å². The second kappa shape index (κ2) is 5.65. The first kappa shape index (κ1) is 14.2. The van der Waals surface area contributed by atoms with Gasteiger partial charge in [0.2, 0.25) is 5.91 Å². The standard InChI is InChI=1S/C18H25N3O/c1-20(9-13-4-6-19-7-5-13)12-18(22)21-10-16-14-2-3-15(8-14)17(16)11-21/h4-7,14-17H,2-3,8-12H2,1H3/t14-,15+,16-,17+. The van der Waals surface area contributed by atoms with Gasteiger partial charge in [0.25, 0.3) is 0 Å². The van der Waals surface area contributed by atoms with Gasteiger partial charge in [-0.3, -0.25) is 14.7 Å². The Morgan fingerprint density at radius 2 is 1.86 bits per heavy atom.